The molecule has 0 aliphatic rings. The lowest BCUT2D eigenvalue weighted by Crippen LogP contribution is -2.32. The van der Waals surface area contributed by atoms with Gasteiger partial charge in [-0.05, 0) is 24.7 Å². The molecule has 0 atom stereocenters. The molecule has 0 aliphatic heterocycles. The van der Waals surface area contributed by atoms with Crippen LogP contribution < -0.4 is 10.0 Å². The molecule has 0 heterocycles. The number of hydrogen-bond acceptors (Lipinski definition) is 3. The van der Waals surface area contributed by atoms with E-state index in [2.05, 4.69) is 10.0 Å². The highest BCUT2D eigenvalue weighted by molar-refractivity contribution is 7.89. The number of rotatable bonds is 6. The molecule has 0 saturated heterocycles. The fraction of sp³-hybridized carbons (Fsp3) is 0.400. The molecule has 0 aliphatic carbocycles. The molecular formula is C10H14F2N2O2S. The van der Waals surface area contributed by atoms with Gasteiger partial charge in [-0.3, -0.25) is 0 Å². The van der Waals surface area contributed by atoms with Gasteiger partial charge in [0.15, 0.2) is 0 Å². The Morgan fingerprint density at radius 1 is 1.24 bits per heavy atom. The highest BCUT2D eigenvalue weighted by atomic mass is 32.2. The predicted octanol–water partition coefficient (Wildman–Crippen LogP) is 0.853. The van der Waals surface area contributed by atoms with Crippen molar-refractivity contribution in [2.75, 3.05) is 19.6 Å². The van der Waals surface area contributed by atoms with Gasteiger partial charge in [0.2, 0.25) is 10.0 Å². The molecule has 0 saturated carbocycles. The average molecular weight is 264 g/mol. The van der Waals surface area contributed by atoms with Gasteiger partial charge in [0.1, 0.15) is 16.5 Å². The third kappa shape index (κ3) is 4.03. The number of halogens is 2. The van der Waals surface area contributed by atoms with Crippen LogP contribution in [-0.4, -0.2) is 28.1 Å². The molecule has 1 aromatic rings. The van der Waals surface area contributed by atoms with Crippen molar-refractivity contribution in [1.29, 1.82) is 0 Å². The normalized spacial score (nSPS) is 11.7. The topological polar surface area (TPSA) is 58.2 Å². The molecule has 4 nitrogen and oxygen atoms in total. The van der Waals surface area contributed by atoms with Gasteiger partial charge in [-0.2, -0.15) is 0 Å². The SMILES string of the molecule is CCNCCNS(=O)(=O)c1cc(F)ccc1F. The van der Waals surface area contributed by atoms with E-state index in [0.29, 0.717) is 19.2 Å². The van der Waals surface area contributed by atoms with E-state index in [1.165, 1.54) is 0 Å². The Morgan fingerprint density at radius 2 is 1.94 bits per heavy atom. The summed E-state index contributed by atoms with van der Waals surface area (Å²) in [6.45, 7) is 3.12. The van der Waals surface area contributed by atoms with Crippen LogP contribution in [0.5, 0.6) is 0 Å². The molecule has 0 fully saturated rings. The van der Waals surface area contributed by atoms with Crippen molar-refractivity contribution in [3.63, 3.8) is 0 Å². The second-order valence-electron chi connectivity index (χ2n) is 3.33. The van der Waals surface area contributed by atoms with Crippen molar-refractivity contribution in [3.8, 4) is 0 Å². The monoisotopic (exact) mass is 264 g/mol. The van der Waals surface area contributed by atoms with E-state index in [1.54, 1.807) is 0 Å². The van der Waals surface area contributed by atoms with Crippen LogP contribution in [-0.2, 0) is 10.0 Å². The smallest absolute Gasteiger partial charge is 0.243 e. The van der Waals surface area contributed by atoms with Gasteiger partial charge in [0, 0.05) is 13.1 Å². The Hall–Kier alpha value is -1.05. The first-order valence-corrected chi connectivity index (χ1v) is 6.61. The summed E-state index contributed by atoms with van der Waals surface area (Å²) in [5, 5.41) is 2.90. The molecule has 0 aromatic heterocycles. The second-order valence-corrected chi connectivity index (χ2v) is 5.06. The van der Waals surface area contributed by atoms with Crippen molar-refractivity contribution < 1.29 is 17.2 Å². The lowest BCUT2D eigenvalue weighted by Gasteiger charge is -2.07. The number of likely N-dealkylation sites (N-methyl/N-ethyl adjacent to an activating group) is 1. The molecular weight excluding hydrogens is 250 g/mol. The molecule has 1 rings (SSSR count). The summed E-state index contributed by atoms with van der Waals surface area (Å²) in [7, 11) is -4.00. The molecule has 0 radical (unpaired) electrons. The Kier molecular flexibility index (Phi) is 4.98. The Bertz CT molecular complexity index is 477. The van der Waals surface area contributed by atoms with Crippen LogP contribution >= 0.6 is 0 Å². The van der Waals surface area contributed by atoms with Gasteiger partial charge in [-0.15, -0.1) is 0 Å². The van der Waals surface area contributed by atoms with Gasteiger partial charge in [-0.1, -0.05) is 6.92 Å². The Morgan fingerprint density at radius 3 is 2.59 bits per heavy atom. The van der Waals surface area contributed by atoms with Crippen molar-refractivity contribution in [1.82, 2.24) is 10.0 Å². The summed E-state index contributed by atoms with van der Waals surface area (Å²) in [6.07, 6.45) is 0. The summed E-state index contributed by atoms with van der Waals surface area (Å²) in [4.78, 5) is -0.672. The van der Waals surface area contributed by atoms with Gasteiger partial charge in [-0.25, -0.2) is 21.9 Å². The lowest BCUT2D eigenvalue weighted by molar-refractivity contribution is 0.544. The molecule has 7 heteroatoms. The third-order valence-corrected chi connectivity index (χ3v) is 3.50. The zero-order valence-electron chi connectivity index (χ0n) is 9.33. The van der Waals surface area contributed by atoms with Crippen LogP contribution in [0.15, 0.2) is 23.1 Å². The van der Waals surface area contributed by atoms with Crippen LogP contribution in [0.1, 0.15) is 6.92 Å². The van der Waals surface area contributed by atoms with E-state index in [-0.39, 0.29) is 6.54 Å². The number of benzene rings is 1. The predicted molar refractivity (Wildman–Crippen MR) is 60.1 cm³/mol. The molecule has 0 spiro atoms. The van der Waals surface area contributed by atoms with Crippen LogP contribution in [0.25, 0.3) is 0 Å². The highest BCUT2D eigenvalue weighted by Gasteiger charge is 2.18. The molecule has 96 valence electrons. The quantitative estimate of drug-likeness (QED) is 0.749. The average Bonchev–Trinajstić information content (AvgIpc) is 2.28. The molecule has 0 amide bonds. The summed E-state index contributed by atoms with van der Waals surface area (Å²) in [5.41, 5.74) is 0. The maximum absolute atomic E-state index is 13.2. The Balaban J connectivity index is 2.79. The largest absolute Gasteiger partial charge is 0.316 e. The number of hydrogen-bond donors (Lipinski definition) is 2. The van der Waals surface area contributed by atoms with Crippen molar-refractivity contribution in [3.05, 3.63) is 29.8 Å². The zero-order chi connectivity index (χ0) is 12.9. The maximum atomic E-state index is 13.2. The molecule has 0 bridgehead atoms. The summed E-state index contributed by atoms with van der Waals surface area (Å²) < 4.78 is 51.5. The van der Waals surface area contributed by atoms with E-state index in [9.17, 15) is 17.2 Å². The highest BCUT2D eigenvalue weighted by Crippen LogP contribution is 2.15. The van der Waals surface area contributed by atoms with Gasteiger partial charge >= 0.3 is 0 Å². The van der Waals surface area contributed by atoms with Crippen molar-refractivity contribution in [2.24, 2.45) is 0 Å². The van der Waals surface area contributed by atoms with Crippen LogP contribution in [0.4, 0.5) is 8.78 Å². The Labute approximate surface area is 99.1 Å². The van der Waals surface area contributed by atoms with Crippen LogP contribution in [0.2, 0.25) is 0 Å². The number of sulfonamides is 1. The van der Waals surface area contributed by atoms with Gasteiger partial charge in [0.25, 0.3) is 0 Å². The van der Waals surface area contributed by atoms with Crippen LogP contribution in [0, 0.1) is 11.6 Å². The van der Waals surface area contributed by atoms with E-state index in [1.807, 2.05) is 6.92 Å². The minimum Gasteiger partial charge on any atom is -0.316 e. The summed E-state index contributed by atoms with van der Waals surface area (Å²) in [5.74, 6) is -1.76. The molecule has 0 unspecified atom stereocenters. The minimum absolute atomic E-state index is 0.117. The first-order chi connectivity index (χ1) is 7.97. The first kappa shape index (κ1) is 14.0. The summed E-state index contributed by atoms with van der Waals surface area (Å²) >= 11 is 0. The minimum atomic E-state index is -4.00. The third-order valence-electron chi connectivity index (χ3n) is 2.03. The van der Waals surface area contributed by atoms with Gasteiger partial charge < -0.3 is 5.32 Å². The molecule has 2 N–H and O–H groups in total. The second kappa shape index (κ2) is 6.04. The maximum Gasteiger partial charge on any atom is 0.243 e. The lowest BCUT2D eigenvalue weighted by atomic mass is 10.3. The fourth-order valence-corrected chi connectivity index (χ4v) is 2.33. The van der Waals surface area contributed by atoms with Crippen molar-refractivity contribution in [2.45, 2.75) is 11.8 Å². The van der Waals surface area contributed by atoms with E-state index >= 15 is 0 Å². The van der Waals surface area contributed by atoms with E-state index in [0.717, 1.165) is 12.1 Å². The van der Waals surface area contributed by atoms with Gasteiger partial charge in [0.05, 0.1) is 0 Å². The number of nitrogens with one attached hydrogen (secondary N) is 2. The standard InChI is InChI=1S/C10H14F2N2O2S/c1-2-13-5-6-14-17(15,16)10-7-8(11)3-4-9(10)12/h3-4,7,13-14H,2,5-6H2,1H3. The summed E-state index contributed by atoms with van der Waals surface area (Å²) in [6, 6.07) is 2.31. The van der Waals surface area contributed by atoms with E-state index in [4.69, 9.17) is 0 Å². The van der Waals surface area contributed by atoms with Crippen LogP contribution in [0.3, 0.4) is 0 Å². The zero-order valence-corrected chi connectivity index (χ0v) is 10.2. The van der Waals surface area contributed by atoms with Crippen molar-refractivity contribution >= 4 is 10.0 Å². The van der Waals surface area contributed by atoms with E-state index < -0.39 is 26.6 Å². The molecule has 17 heavy (non-hydrogen) atoms. The fourth-order valence-electron chi connectivity index (χ4n) is 1.21. The first-order valence-electron chi connectivity index (χ1n) is 5.13. The molecule has 1 aromatic carbocycles.